The molecule has 0 aliphatic heterocycles. The molecular formula is C28H38O2. The van der Waals surface area contributed by atoms with Crippen LogP contribution in [-0.4, -0.2) is 12.4 Å². The lowest BCUT2D eigenvalue weighted by atomic mass is 9.45. The lowest BCUT2D eigenvalue weighted by Crippen LogP contribution is -2.52. The molecule has 1 aromatic carbocycles. The number of rotatable bonds is 3. The Hall–Kier alpha value is -1.57. The van der Waals surface area contributed by atoms with E-state index in [1.807, 2.05) is 19.1 Å². The molecule has 4 unspecified atom stereocenters. The van der Waals surface area contributed by atoms with E-state index in [1.54, 1.807) is 0 Å². The van der Waals surface area contributed by atoms with Crippen LogP contribution >= 0.6 is 0 Å². The average Bonchev–Trinajstić information content (AvgIpc) is 3.00. The van der Waals surface area contributed by atoms with Gasteiger partial charge in [-0.3, -0.25) is 4.79 Å². The smallest absolute Gasteiger partial charge is 0.165 e. The third-order valence-electron chi connectivity index (χ3n) is 9.76. The maximum Gasteiger partial charge on any atom is 0.165 e. The van der Waals surface area contributed by atoms with Crippen LogP contribution in [0, 0.1) is 34.5 Å². The topological polar surface area (TPSA) is 26.3 Å². The van der Waals surface area contributed by atoms with E-state index < -0.39 is 0 Å². The predicted octanol–water partition coefficient (Wildman–Crippen LogP) is 7.08. The number of carbonyl (C=O) groups is 1. The summed E-state index contributed by atoms with van der Waals surface area (Å²) in [4.78, 5) is 13.6. The van der Waals surface area contributed by atoms with Crippen LogP contribution in [0.1, 0.15) is 84.1 Å². The Bertz CT molecular complexity index is 837. The molecule has 0 bridgehead atoms. The second-order valence-corrected chi connectivity index (χ2v) is 11.1. The van der Waals surface area contributed by atoms with Crippen molar-refractivity contribution >= 4 is 11.9 Å². The quantitative estimate of drug-likeness (QED) is 0.501. The number of hydrogen-bond acceptors (Lipinski definition) is 2. The van der Waals surface area contributed by atoms with E-state index in [0.717, 1.165) is 47.5 Å². The van der Waals surface area contributed by atoms with E-state index >= 15 is 0 Å². The zero-order valence-electron chi connectivity index (χ0n) is 19.1. The number of fused-ring (bicyclic) bond motifs is 5. The first-order chi connectivity index (χ1) is 14.5. The molecule has 0 radical (unpaired) electrons. The first kappa shape index (κ1) is 20.3. The average molecular weight is 407 g/mol. The Morgan fingerprint density at radius 3 is 2.57 bits per heavy atom. The molecule has 4 aliphatic rings. The minimum Gasteiger partial charge on any atom is -0.494 e. The first-order valence-corrected chi connectivity index (χ1v) is 12.4. The molecule has 162 valence electrons. The number of allylic oxidation sites excluding steroid dienone is 1. The molecule has 0 spiro atoms. The lowest BCUT2D eigenvalue weighted by molar-refractivity contribution is -0.137. The van der Waals surface area contributed by atoms with Gasteiger partial charge in [0.2, 0.25) is 0 Å². The van der Waals surface area contributed by atoms with E-state index in [-0.39, 0.29) is 5.41 Å². The van der Waals surface area contributed by atoms with Gasteiger partial charge in [-0.15, -0.1) is 0 Å². The van der Waals surface area contributed by atoms with Crippen LogP contribution < -0.4 is 4.74 Å². The molecule has 5 rings (SSSR count). The van der Waals surface area contributed by atoms with Crippen molar-refractivity contribution < 1.29 is 9.53 Å². The summed E-state index contributed by atoms with van der Waals surface area (Å²) in [5.74, 6) is 4.42. The van der Waals surface area contributed by atoms with Crippen LogP contribution in [-0.2, 0) is 4.79 Å². The van der Waals surface area contributed by atoms with Gasteiger partial charge in [-0.1, -0.05) is 38.8 Å². The predicted molar refractivity (Wildman–Crippen MR) is 122 cm³/mol. The summed E-state index contributed by atoms with van der Waals surface area (Å²) in [6.07, 6.45) is 14.0. The van der Waals surface area contributed by atoms with Crippen molar-refractivity contribution in [3.05, 3.63) is 35.4 Å². The van der Waals surface area contributed by atoms with Crippen molar-refractivity contribution in [2.45, 2.75) is 78.6 Å². The second kappa shape index (κ2) is 7.53. The van der Waals surface area contributed by atoms with Gasteiger partial charge in [0.05, 0.1) is 6.61 Å². The molecule has 0 amide bonds. The SMILES string of the molecule is CCOc1ccc(/C=C2/CC3C4CCC5CCCC[C@@]5(C)C4CC[C@@]3(C)C2=O)cc1. The van der Waals surface area contributed by atoms with Gasteiger partial charge >= 0.3 is 0 Å². The fourth-order valence-corrected chi connectivity index (χ4v) is 8.12. The molecule has 0 N–H and O–H groups in total. The van der Waals surface area contributed by atoms with E-state index in [4.69, 9.17) is 4.74 Å². The molecule has 0 saturated heterocycles. The van der Waals surface area contributed by atoms with Gasteiger partial charge in [0.1, 0.15) is 5.75 Å². The fraction of sp³-hybridized carbons (Fsp3) is 0.679. The number of hydrogen-bond donors (Lipinski definition) is 0. The molecule has 6 atom stereocenters. The van der Waals surface area contributed by atoms with Gasteiger partial charge in [0, 0.05) is 5.41 Å². The zero-order chi connectivity index (χ0) is 20.9. The Kier molecular flexibility index (Phi) is 5.11. The van der Waals surface area contributed by atoms with Gasteiger partial charge in [0.25, 0.3) is 0 Å². The highest BCUT2D eigenvalue weighted by Gasteiger charge is 2.60. The summed E-state index contributed by atoms with van der Waals surface area (Å²) in [5.41, 5.74) is 2.61. The number of ether oxygens (including phenoxy) is 1. The van der Waals surface area contributed by atoms with E-state index in [0.29, 0.717) is 23.7 Å². The van der Waals surface area contributed by atoms with Gasteiger partial charge in [0.15, 0.2) is 5.78 Å². The monoisotopic (exact) mass is 406 g/mol. The third-order valence-corrected chi connectivity index (χ3v) is 9.76. The van der Waals surface area contributed by atoms with Crippen LogP contribution in [0.25, 0.3) is 6.08 Å². The van der Waals surface area contributed by atoms with Crippen molar-refractivity contribution in [2.75, 3.05) is 6.61 Å². The highest BCUT2D eigenvalue weighted by Crippen LogP contribution is 2.66. The minimum absolute atomic E-state index is 0.129. The summed E-state index contributed by atoms with van der Waals surface area (Å²) < 4.78 is 5.57. The van der Waals surface area contributed by atoms with Crippen molar-refractivity contribution in [1.82, 2.24) is 0 Å². The van der Waals surface area contributed by atoms with Crippen LogP contribution in [0.5, 0.6) is 5.75 Å². The number of Topliss-reactive ketones (excluding diaryl/α,β-unsaturated/α-hetero) is 1. The third kappa shape index (κ3) is 3.09. The van der Waals surface area contributed by atoms with E-state index in [1.165, 1.54) is 44.9 Å². The standard InChI is InChI=1S/C28H38O2/c1-4-30-22-11-8-19(9-12-22)17-20-18-25-23-13-10-21-7-5-6-15-27(21,2)24(23)14-16-28(25,3)26(20)29/h8-9,11-12,17,21,23-25H,4-7,10,13-16,18H2,1-3H3/b20-17-/t21?,23?,24?,25?,27-,28-/m1/s1. The van der Waals surface area contributed by atoms with Gasteiger partial charge in [-0.25, -0.2) is 0 Å². The summed E-state index contributed by atoms with van der Waals surface area (Å²) in [7, 11) is 0. The second-order valence-electron chi connectivity index (χ2n) is 11.1. The molecular weight excluding hydrogens is 368 g/mol. The van der Waals surface area contributed by atoms with Crippen molar-refractivity contribution in [3.63, 3.8) is 0 Å². The molecule has 4 aliphatic carbocycles. The van der Waals surface area contributed by atoms with Crippen molar-refractivity contribution in [3.8, 4) is 5.75 Å². The summed E-state index contributed by atoms with van der Waals surface area (Å²) in [5, 5.41) is 0. The molecule has 2 heteroatoms. The van der Waals surface area contributed by atoms with Gasteiger partial charge in [-0.05, 0) is 110 Å². The van der Waals surface area contributed by atoms with Crippen molar-refractivity contribution in [2.24, 2.45) is 34.5 Å². The van der Waals surface area contributed by atoms with Gasteiger partial charge in [-0.2, -0.15) is 0 Å². The normalized spacial score (nSPS) is 41.8. The Labute approximate surface area is 182 Å². The van der Waals surface area contributed by atoms with Crippen LogP contribution in [0.2, 0.25) is 0 Å². The Balaban J connectivity index is 1.41. The maximum atomic E-state index is 13.6. The van der Waals surface area contributed by atoms with Crippen molar-refractivity contribution in [1.29, 1.82) is 0 Å². The number of benzene rings is 1. The Morgan fingerprint density at radius 2 is 1.80 bits per heavy atom. The highest BCUT2D eigenvalue weighted by atomic mass is 16.5. The molecule has 1 aromatic rings. The largest absolute Gasteiger partial charge is 0.494 e. The minimum atomic E-state index is -0.129. The molecule has 0 aromatic heterocycles. The van der Waals surface area contributed by atoms with Crippen LogP contribution in [0.15, 0.2) is 29.8 Å². The molecule has 0 heterocycles. The lowest BCUT2D eigenvalue weighted by Gasteiger charge is -2.59. The van der Waals surface area contributed by atoms with Crippen LogP contribution in [0.3, 0.4) is 0 Å². The number of ketones is 1. The summed E-state index contributed by atoms with van der Waals surface area (Å²) >= 11 is 0. The highest BCUT2D eigenvalue weighted by molar-refractivity contribution is 6.05. The molecule has 4 saturated carbocycles. The molecule has 30 heavy (non-hydrogen) atoms. The summed E-state index contributed by atoms with van der Waals surface area (Å²) in [6, 6.07) is 8.22. The number of carbonyl (C=O) groups excluding carboxylic acids is 1. The molecule has 4 fully saturated rings. The zero-order valence-corrected chi connectivity index (χ0v) is 19.1. The Morgan fingerprint density at radius 1 is 1.00 bits per heavy atom. The van der Waals surface area contributed by atoms with E-state index in [9.17, 15) is 4.79 Å². The van der Waals surface area contributed by atoms with Gasteiger partial charge < -0.3 is 4.74 Å². The molecule has 2 nitrogen and oxygen atoms in total. The fourth-order valence-electron chi connectivity index (χ4n) is 8.12. The van der Waals surface area contributed by atoms with E-state index in [2.05, 4.69) is 32.1 Å². The maximum absolute atomic E-state index is 13.6. The summed E-state index contributed by atoms with van der Waals surface area (Å²) in [6.45, 7) is 7.60. The first-order valence-electron chi connectivity index (χ1n) is 12.4. The van der Waals surface area contributed by atoms with Crippen LogP contribution in [0.4, 0.5) is 0 Å².